The number of amides is 2. The van der Waals surface area contributed by atoms with Gasteiger partial charge in [-0.05, 0) is 85.1 Å². The van der Waals surface area contributed by atoms with Crippen LogP contribution in [0.2, 0.25) is 10.0 Å². The van der Waals surface area contributed by atoms with Crippen LogP contribution in [0.1, 0.15) is 72.5 Å². The van der Waals surface area contributed by atoms with Crippen molar-refractivity contribution in [2.75, 3.05) is 39.3 Å². The van der Waals surface area contributed by atoms with Crippen molar-refractivity contribution >= 4 is 57.1 Å². The maximum absolute atomic E-state index is 13.6. The second-order valence-electron chi connectivity index (χ2n) is 17.7. The normalized spacial score (nSPS) is 23.5. The van der Waals surface area contributed by atoms with E-state index in [2.05, 4.69) is 50.2 Å². The first-order chi connectivity index (χ1) is 25.9. The molecule has 2 aromatic heterocycles. The number of carbonyl (C=O) groups excluding carboxylic acids is 2. The predicted molar refractivity (Wildman–Crippen MR) is 211 cm³/mol. The monoisotopic (exact) mass is 800 g/mol. The summed E-state index contributed by atoms with van der Waals surface area (Å²) < 4.78 is 27.1. The van der Waals surface area contributed by atoms with Crippen LogP contribution in [-0.4, -0.2) is 126 Å². The van der Waals surface area contributed by atoms with Gasteiger partial charge in [0.05, 0.1) is 47.3 Å². The molecule has 5 aliphatic rings. The van der Waals surface area contributed by atoms with Gasteiger partial charge in [-0.15, -0.1) is 0 Å². The molecule has 12 nitrogen and oxygen atoms in total. The molecule has 4 N–H and O–H groups in total. The molecule has 4 atom stereocenters. The number of piperazine rings is 2. The molecule has 0 spiro atoms. The number of piperidine rings is 2. The molecular weight excluding hydrogens is 749 g/mol. The van der Waals surface area contributed by atoms with Crippen LogP contribution < -0.4 is 10.6 Å². The van der Waals surface area contributed by atoms with Crippen LogP contribution >= 0.6 is 23.2 Å². The van der Waals surface area contributed by atoms with Crippen LogP contribution in [0.4, 0.5) is 8.78 Å². The Labute approximate surface area is 330 Å². The number of fused-ring (bicyclic) bond motifs is 7. The largest absolute Gasteiger partial charge is 0.350 e. The van der Waals surface area contributed by atoms with E-state index >= 15 is 0 Å². The second kappa shape index (κ2) is 15.5. The Morgan fingerprint density at radius 3 is 1.47 bits per heavy atom. The lowest BCUT2D eigenvalue weighted by molar-refractivity contribution is -0.127. The van der Waals surface area contributed by atoms with Crippen LogP contribution in [0.5, 0.6) is 0 Å². The van der Waals surface area contributed by atoms with Crippen molar-refractivity contribution < 1.29 is 18.4 Å². The summed E-state index contributed by atoms with van der Waals surface area (Å²) in [5.41, 5.74) is 2.06. The highest BCUT2D eigenvalue weighted by Gasteiger charge is 2.44. The van der Waals surface area contributed by atoms with Crippen molar-refractivity contribution in [3.05, 3.63) is 57.6 Å². The molecule has 5 saturated heterocycles. The Morgan fingerprint density at radius 1 is 0.673 bits per heavy atom. The molecule has 4 aromatic rings. The highest BCUT2D eigenvalue weighted by Crippen LogP contribution is 2.33. The summed E-state index contributed by atoms with van der Waals surface area (Å²) in [6.45, 7) is 17.8. The van der Waals surface area contributed by atoms with Gasteiger partial charge in [-0.3, -0.25) is 29.2 Å². The third-order valence-corrected chi connectivity index (χ3v) is 11.3. The molecule has 2 aromatic carbocycles. The Bertz CT molecular complexity index is 2060. The van der Waals surface area contributed by atoms with Gasteiger partial charge in [0, 0.05) is 61.4 Å². The molecule has 0 aliphatic carbocycles. The third kappa shape index (κ3) is 9.60. The third-order valence-electron chi connectivity index (χ3n) is 10.8. The lowest BCUT2D eigenvalue weighted by Gasteiger charge is -2.51. The summed E-state index contributed by atoms with van der Waals surface area (Å²) in [4.78, 5) is 49.3. The minimum absolute atomic E-state index is 0.0792. The van der Waals surface area contributed by atoms with Crippen molar-refractivity contribution in [1.29, 1.82) is 0 Å². The number of likely N-dealkylation sites (tertiary alicyclic amines) is 2. The van der Waals surface area contributed by atoms with E-state index in [1.54, 1.807) is 0 Å². The Hall–Kier alpha value is -3.40. The highest BCUT2D eigenvalue weighted by atomic mass is 35.5. The number of hydrogen-bond donors (Lipinski definition) is 4. The molecular formula is C39H52Cl2F2N10O2. The molecule has 5 aliphatic heterocycles. The number of rotatable bonds is 8. The van der Waals surface area contributed by atoms with Gasteiger partial charge in [-0.1, -0.05) is 23.2 Å². The quantitative estimate of drug-likeness (QED) is 0.186. The fraction of sp³-hybridized carbons (Fsp3) is 0.590. The number of H-pyrrole nitrogens is 2. The standard InChI is InChI=1S/C20H27ClFN5O.C19H25ClFN5O/c1-20(2,3)25-18(28)11-27-9-13-4-5-14(27)8-26(13)10-17-23-16-7-12(22)6-15(21)19(16)24-17;1-19(2,3)24-17(27)10-26-8-12-6-13(26)7-25(12)9-16-22-15-5-11(21)4-14(20)18(15)23-16/h6-7,13-14H,4-5,8-11H2,1-3H3,(H,23,24)(H,25,28);4-5,12-13H,6-10H2,1-3H3,(H,22,23)(H,24,27). The molecule has 0 radical (unpaired) electrons. The molecule has 16 heteroatoms. The van der Waals surface area contributed by atoms with E-state index in [-0.39, 0.29) is 34.5 Å². The van der Waals surface area contributed by atoms with Gasteiger partial charge >= 0.3 is 0 Å². The molecule has 298 valence electrons. The Kier molecular flexibility index (Phi) is 11.2. The van der Waals surface area contributed by atoms with Gasteiger partial charge in [-0.2, -0.15) is 0 Å². The van der Waals surface area contributed by atoms with E-state index in [1.807, 2.05) is 41.5 Å². The molecule has 9 rings (SSSR count). The van der Waals surface area contributed by atoms with E-state index in [0.29, 0.717) is 82.5 Å². The minimum atomic E-state index is -0.368. The Balaban J connectivity index is 0.000000169. The number of imidazole rings is 2. The fourth-order valence-corrected chi connectivity index (χ4v) is 9.11. The smallest absolute Gasteiger partial charge is 0.234 e. The molecule has 55 heavy (non-hydrogen) atoms. The average molecular weight is 802 g/mol. The van der Waals surface area contributed by atoms with Gasteiger partial charge in [0.1, 0.15) is 34.3 Å². The van der Waals surface area contributed by atoms with E-state index in [4.69, 9.17) is 23.2 Å². The van der Waals surface area contributed by atoms with Crippen molar-refractivity contribution in [2.45, 2.75) is 109 Å². The first-order valence-electron chi connectivity index (χ1n) is 19.1. The summed E-state index contributed by atoms with van der Waals surface area (Å²) in [5.74, 6) is 1.02. The summed E-state index contributed by atoms with van der Waals surface area (Å²) in [5, 5.41) is 6.73. The topological polar surface area (TPSA) is 129 Å². The zero-order valence-corrected chi connectivity index (χ0v) is 33.9. The number of aromatic nitrogens is 4. The first-order valence-corrected chi connectivity index (χ1v) is 19.9. The number of hydrogen-bond acceptors (Lipinski definition) is 8. The second-order valence-corrected chi connectivity index (χ2v) is 18.5. The SMILES string of the molecule is CC(C)(C)NC(=O)CN1CC2CC1CN2Cc1nc2c(Cl)cc(F)cc2[nH]1.CC(C)(C)NC(=O)CN1CC2CCC1CN2Cc1nc2c(Cl)cc(F)cc2[nH]1. The van der Waals surface area contributed by atoms with Crippen LogP contribution in [0.3, 0.4) is 0 Å². The summed E-state index contributed by atoms with van der Waals surface area (Å²) in [7, 11) is 0. The first kappa shape index (κ1) is 39.8. The number of nitrogens with zero attached hydrogens (tertiary/aromatic N) is 6. The number of carbonyl (C=O) groups is 2. The lowest BCUT2D eigenvalue weighted by Crippen LogP contribution is -2.63. The number of benzene rings is 2. The molecule has 4 unspecified atom stereocenters. The Morgan fingerprint density at radius 2 is 1.05 bits per heavy atom. The number of aromatic amines is 2. The van der Waals surface area contributed by atoms with Crippen molar-refractivity contribution in [3.8, 4) is 0 Å². The molecule has 5 fully saturated rings. The zero-order valence-electron chi connectivity index (χ0n) is 32.4. The van der Waals surface area contributed by atoms with E-state index in [1.165, 1.54) is 24.3 Å². The zero-order chi connectivity index (χ0) is 39.4. The molecule has 0 saturated carbocycles. The van der Waals surface area contributed by atoms with E-state index in [0.717, 1.165) is 57.1 Å². The lowest BCUT2D eigenvalue weighted by atomic mass is 9.90. The number of nitrogens with one attached hydrogen (secondary N) is 4. The minimum Gasteiger partial charge on any atom is -0.350 e. The molecule has 2 amide bonds. The molecule has 7 heterocycles. The van der Waals surface area contributed by atoms with Gasteiger partial charge < -0.3 is 20.6 Å². The summed E-state index contributed by atoms with van der Waals surface area (Å²) >= 11 is 12.2. The van der Waals surface area contributed by atoms with Gasteiger partial charge in [0.25, 0.3) is 0 Å². The maximum atomic E-state index is 13.6. The van der Waals surface area contributed by atoms with Crippen molar-refractivity contribution in [2.24, 2.45) is 0 Å². The van der Waals surface area contributed by atoms with Crippen LogP contribution in [0.25, 0.3) is 22.1 Å². The fourth-order valence-electron chi connectivity index (χ4n) is 8.61. The van der Waals surface area contributed by atoms with Crippen LogP contribution in [0.15, 0.2) is 24.3 Å². The maximum Gasteiger partial charge on any atom is 0.234 e. The van der Waals surface area contributed by atoms with Crippen molar-refractivity contribution in [3.63, 3.8) is 0 Å². The predicted octanol–water partition coefficient (Wildman–Crippen LogP) is 5.45. The average Bonchev–Trinajstić information content (AvgIpc) is 3.84. The van der Waals surface area contributed by atoms with E-state index < -0.39 is 0 Å². The molecule has 4 bridgehead atoms. The van der Waals surface area contributed by atoms with Gasteiger partial charge in [0.2, 0.25) is 11.8 Å². The van der Waals surface area contributed by atoms with Gasteiger partial charge in [0.15, 0.2) is 0 Å². The van der Waals surface area contributed by atoms with Gasteiger partial charge in [-0.25, -0.2) is 18.7 Å². The van der Waals surface area contributed by atoms with Crippen LogP contribution in [0, 0.1) is 11.6 Å². The van der Waals surface area contributed by atoms with Crippen molar-refractivity contribution in [1.82, 2.24) is 50.2 Å². The van der Waals surface area contributed by atoms with Crippen LogP contribution in [-0.2, 0) is 22.7 Å². The number of halogens is 4. The summed E-state index contributed by atoms with van der Waals surface area (Å²) in [6.07, 6.45) is 3.30. The summed E-state index contributed by atoms with van der Waals surface area (Å²) in [6, 6.07) is 7.00. The van der Waals surface area contributed by atoms with E-state index in [9.17, 15) is 18.4 Å². The highest BCUT2D eigenvalue weighted by molar-refractivity contribution is 6.35.